The molecule has 100 valence electrons. The molecule has 0 saturated heterocycles. The summed E-state index contributed by atoms with van der Waals surface area (Å²) in [5, 5.41) is 10.4. The average Bonchev–Trinajstić information content (AvgIpc) is 2.47. The molecule has 3 N–H and O–H groups in total. The van der Waals surface area contributed by atoms with Crippen molar-refractivity contribution in [3.8, 4) is 5.75 Å². The number of aliphatic hydroxyl groups is 1. The topological polar surface area (TPSA) is 55.5 Å². The summed E-state index contributed by atoms with van der Waals surface area (Å²) in [6.45, 7) is 0. The second-order valence-corrected chi connectivity index (χ2v) is 5.19. The Morgan fingerprint density at radius 3 is 2.33 bits per heavy atom. The Morgan fingerprint density at radius 2 is 1.78 bits per heavy atom. The van der Waals surface area contributed by atoms with Crippen molar-refractivity contribution in [2.24, 2.45) is 11.7 Å². The first kappa shape index (κ1) is 13.4. The normalized spacial score (nSPS) is 20.4. The molecular weight excluding hydrogens is 226 g/mol. The highest BCUT2D eigenvalue weighted by molar-refractivity contribution is 5.29. The van der Waals surface area contributed by atoms with E-state index in [9.17, 15) is 5.11 Å². The summed E-state index contributed by atoms with van der Waals surface area (Å²) in [5.41, 5.74) is 7.15. The summed E-state index contributed by atoms with van der Waals surface area (Å²) in [6.07, 6.45) is 5.50. The van der Waals surface area contributed by atoms with E-state index < -0.39 is 6.10 Å². The molecule has 0 heterocycles. The summed E-state index contributed by atoms with van der Waals surface area (Å²) in [5.74, 6) is 1.17. The standard InChI is InChI=1S/C15H23NO2/c1-18-13-9-7-11(8-10-13)14(16)15(17)12-5-3-2-4-6-12/h7-10,12,14-15,17H,2-6,16H2,1H3/t14-,15+/m1/s1. The first-order chi connectivity index (χ1) is 8.72. The Balaban J connectivity index is 2.01. The van der Waals surface area contributed by atoms with Crippen LogP contribution < -0.4 is 10.5 Å². The maximum absolute atomic E-state index is 10.4. The van der Waals surface area contributed by atoms with E-state index in [4.69, 9.17) is 10.5 Å². The minimum Gasteiger partial charge on any atom is -0.497 e. The highest BCUT2D eigenvalue weighted by Crippen LogP contribution is 2.31. The van der Waals surface area contributed by atoms with Crippen LogP contribution in [-0.2, 0) is 0 Å². The number of aliphatic hydroxyl groups excluding tert-OH is 1. The first-order valence-corrected chi connectivity index (χ1v) is 6.80. The zero-order valence-corrected chi connectivity index (χ0v) is 11.0. The van der Waals surface area contributed by atoms with Crippen molar-refractivity contribution in [1.29, 1.82) is 0 Å². The van der Waals surface area contributed by atoms with Crippen molar-refractivity contribution in [3.05, 3.63) is 29.8 Å². The molecule has 2 atom stereocenters. The van der Waals surface area contributed by atoms with E-state index in [1.54, 1.807) is 7.11 Å². The number of benzene rings is 1. The van der Waals surface area contributed by atoms with Crippen LogP contribution in [0, 0.1) is 5.92 Å². The molecule has 1 fully saturated rings. The SMILES string of the molecule is COc1ccc([C@@H](N)[C@@H](O)C2CCCCC2)cc1. The smallest absolute Gasteiger partial charge is 0.118 e. The van der Waals surface area contributed by atoms with Gasteiger partial charge in [0.15, 0.2) is 0 Å². The lowest BCUT2D eigenvalue weighted by Gasteiger charge is -2.30. The Kier molecular flexibility index (Phi) is 4.61. The van der Waals surface area contributed by atoms with Gasteiger partial charge in [-0.2, -0.15) is 0 Å². The largest absolute Gasteiger partial charge is 0.497 e. The second kappa shape index (κ2) is 6.21. The number of methoxy groups -OCH3 is 1. The zero-order valence-electron chi connectivity index (χ0n) is 11.0. The lowest BCUT2D eigenvalue weighted by Crippen LogP contribution is -2.34. The van der Waals surface area contributed by atoms with Gasteiger partial charge in [-0.1, -0.05) is 31.4 Å². The fourth-order valence-corrected chi connectivity index (χ4v) is 2.79. The Bertz CT molecular complexity index is 357. The van der Waals surface area contributed by atoms with Crippen molar-refractivity contribution in [2.45, 2.75) is 44.2 Å². The summed E-state index contributed by atoms with van der Waals surface area (Å²) in [4.78, 5) is 0. The van der Waals surface area contributed by atoms with Crippen molar-refractivity contribution in [3.63, 3.8) is 0 Å². The van der Waals surface area contributed by atoms with E-state index in [1.807, 2.05) is 24.3 Å². The van der Waals surface area contributed by atoms with Crippen molar-refractivity contribution >= 4 is 0 Å². The van der Waals surface area contributed by atoms with Crippen LogP contribution >= 0.6 is 0 Å². The van der Waals surface area contributed by atoms with Gasteiger partial charge in [0.2, 0.25) is 0 Å². The van der Waals surface area contributed by atoms with E-state index in [2.05, 4.69) is 0 Å². The number of ether oxygens (including phenoxy) is 1. The molecule has 1 saturated carbocycles. The third-order valence-corrected chi connectivity index (χ3v) is 4.00. The third kappa shape index (κ3) is 3.03. The first-order valence-electron chi connectivity index (χ1n) is 6.80. The van der Waals surface area contributed by atoms with Crippen LogP contribution in [-0.4, -0.2) is 18.3 Å². The van der Waals surface area contributed by atoms with E-state index in [0.29, 0.717) is 5.92 Å². The van der Waals surface area contributed by atoms with Crippen LogP contribution in [0.5, 0.6) is 5.75 Å². The van der Waals surface area contributed by atoms with Crippen molar-refractivity contribution in [2.75, 3.05) is 7.11 Å². The molecule has 1 aliphatic carbocycles. The van der Waals surface area contributed by atoms with Gasteiger partial charge in [0.05, 0.1) is 19.3 Å². The second-order valence-electron chi connectivity index (χ2n) is 5.19. The predicted octanol–water partition coefficient (Wildman–Crippen LogP) is 2.64. The van der Waals surface area contributed by atoms with Gasteiger partial charge in [0, 0.05) is 0 Å². The summed E-state index contributed by atoms with van der Waals surface area (Å²) in [7, 11) is 1.64. The fourth-order valence-electron chi connectivity index (χ4n) is 2.79. The molecule has 0 bridgehead atoms. The monoisotopic (exact) mass is 249 g/mol. The molecule has 3 nitrogen and oxygen atoms in total. The van der Waals surface area contributed by atoms with E-state index in [1.165, 1.54) is 19.3 Å². The van der Waals surface area contributed by atoms with Crippen LogP contribution in [0.15, 0.2) is 24.3 Å². The molecule has 0 spiro atoms. The number of hydrogen-bond donors (Lipinski definition) is 2. The molecule has 0 aliphatic heterocycles. The van der Waals surface area contributed by atoms with E-state index in [0.717, 1.165) is 24.2 Å². The van der Waals surface area contributed by atoms with Crippen LogP contribution in [0.2, 0.25) is 0 Å². The number of nitrogens with two attached hydrogens (primary N) is 1. The molecule has 0 amide bonds. The number of hydrogen-bond acceptors (Lipinski definition) is 3. The molecule has 18 heavy (non-hydrogen) atoms. The molecule has 3 heteroatoms. The van der Waals surface area contributed by atoms with E-state index in [-0.39, 0.29) is 6.04 Å². The van der Waals surface area contributed by atoms with Gasteiger partial charge in [-0.15, -0.1) is 0 Å². The van der Waals surface area contributed by atoms with Gasteiger partial charge in [-0.05, 0) is 36.5 Å². The molecule has 0 unspecified atom stereocenters. The maximum atomic E-state index is 10.4. The fraction of sp³-hybridized carbons (Fsp3) is 0.600. The quantitative estimate of drug-likeness (QED) is 0.862. The Morgan fingerprint density at radius 1 is 1.17 bits per heavy atom. The highest BCUT2D eigenvalue weighted by atomic mass is 16.5. The van der Waals surface area contributed by atoms with Gasteiger partial charge in [-0.25, -0.2) is 0 Å². The zero-order chi connectivity index (χ0) is 13.0. The van der Waals surface area contributed by atoms with E-state index >= 15 is 0 Å². The van der Waals surface area contributed by atoms with Crippen molar-refractivity contribution in [1.82, 2.24) is 0 Å². The van der Waals surface area contributed by atoms with Crippen LogP contribution in [0.3, 0.4) is 0 Å². The molecule has 2 rings (SSSR count). The summed E-state index contributed by atoms with van der Waals surface area (Å²) in [6, 6.07) is 7.37. The van der Waals surface area contributed by atoms with Crippen molar-refractivity contribution < 1.29 is 9.84 Å². The predicted molar refractivity (Wildman–Crippen MR) is 72.5 cm³/mol. The molecule has 1 aliphatic rings. The highest BCUT2D eigenvalue weighted by Gasteiger charge is 2.27. The lowest BCUT2D eigenvalue weighted by atomic mass is 9.81. The minimum absolute atomic E-state index is 0.293. The van der Waals surface area contributed by atoms with Crippen LogP contribution in [0.1, 0.15) is 43.7 Å². The summed E-state index contributed by atoms with van der Waals surface area (Å²) >= 11 is 0. The molecular formula is C15H23NO2. The lowest BCUT2D eigenvalue weighted by molar-refractivity contribution is 0.0618. The maximum Gasteiger partial charge on any atom is 0.118 e. The molecule has 1 aromatic carbocycles. The Hall–Kier alpha value is -1.06. The third-order valence-electron chi connectivity index (χ3n) is 4.00. The molecule has 0 aromatic heterocycles. The minimum atomic E-state index is -0.432. The van der Waals surface area contributed by atoms with Gasteiger partial charge in [0.1, 0.15) is 5.75 Å². The van der Waals surface area contributed by atoms with Gasteiger partial charge in [-0.3, -0.25) is 0 Å². The molecule has 0 radical (unpaired) electrons. The summed E-state index contributed by atoms with van der Waals surface area (Å²) < 4.78 is 5.12. The van der Waals surface area contributed by atoms with Gasteiger partial charge in [0.25, 0.3) is 0 Å². The number of rotatable bonds is 4. The average molecular weight is 249 g/mol. The van der Waals surface area contributed by atoms with Gasteiger partial charge < -0.3 is 15.6 Å². The molecule has 1 aromatic rings. The van der Waals surface area contributed by atoms with Gasteiger partial charge >= 0.3 is 0 Å². The Labute approximate surface area is 109 Å². The van der Waals surface area contributed by atoms with Crippen LogP contribution in [0.4, 0.5) is 0 Å². The van der Waals surface area contributed by atoms with Crippen LogP contribution in [0.25, 0.3) is 0 Å².